The molecule has 0 bridgehead atoms. The lowest BCUT2D eigenvalue weighted by Crippen LogP contribution is -2.27. The largest absolute Gasteiger partial charge is 0.452 e. The molecular formula is C13H21BrN2O3S. The van der Waals surface area contributed by atoms with Crippen LogP contribution in [0.25, 0.3) is 0 Å². The summed E-state index contributed by atoms with van der Waals surface area (Å²) < 4.78 is 33.1. The summed E-state index contributed by atoms with van der Waals surface area (Å²) in [5, 5.41) is 3.10. The van der Waals surface area contributed by atoms with Gasteiger partial charge in [-0.2, -0.15) is 0 Å². The van der Waals surface area contributed by atoms with E-state index in [-0.39, 0.29) is 15.6 Å². The minimum atomic E-state index is -3.50. The van der Waals surface area contributed by atoms with Gasteiger partial charge in [0.05, 0.1) is 6.54 Å². The zero-order valence-corrected chi connectivity index (χ0v) is 14.2. The van der Waals surface area contributed by atoms with Crippen molar-refractivity contribution in [2.24, 2.45) is 5.92 Å². The second-order valence-corrected chi connectivity index (χ2v) is 7.55. The van der Waals surface area contributed by atoms with Crippen LogP contribution in [0.4, 0.5) is 0 Å². The molecule has 1 aromatic rings. The highest BCUT2D eigenvalue weighted by atomic mass is 79.9. The summed E-state index contributed by atoms with van der Waals surface area (Å²) in [7, 11) is -3.50. The fourth-order valence-electron chi connectivity index (χ4n) is 2.26. The van der Waals surface area contributed by atoms with Crippen LogP contribution in [0.5, 0.6) is 0 Å². The van der Waals surface area contributed by atoms with E-state index in [1.807, 2.05) is 6.92 Å². The molecule has 114 valence electrons. The topological polar surface area (TPSA) is 71.3 Å². The van der Waals surface area contributed by atoms with Gasteiger partial charge in [-0.25, -0.2) is 13.1 Å². The molecule has 2 N–H and O–H groups in total. The lowest BCUT2D eigenvalue weighted by molar-refractivity contribution is 0.464. The Bertz CT molecular complexity index is 556. The van der Waals surface area contributed by atoms with Crippen LogP contribution in [0.3, 0.4) is 0 Å². The first-order valence-corrected chi connectivity index (χ1v) is 9.26. The van der Waals surface area contributed by atoms with Crippen molar-refractivity contribution in [2.75, 3.05) is 6.54 Å². The maximum Gasteiger partial charge on any atom is 0.245 e. The summed E-state index contributed by atoms with van der Waals surface area (Å²) in [5.74, 6) is 1.10. The Hall–Kier alpha value is -0.370. The van der Waals surface area contributed by atoms with E-state index in [2.05, 4.69) is 32.9 Å². The van der Waals surface area contributed by atoms with E-state index in [0.717, 1.165) is 25.8 Å². The van der Waals surface area contributed by atoms with Gasteiger partial charge in [0.2, 0.25) is 10.0 Å². The SMILES string of the molecule is CCCC1CC1NS(=O)(=O)c1cc(CNCC)oc1Br. The van der Waals surface area contributed by atoms with Crippen LogP contribution in [0.1, 0.15) is 38.9 Å². The standard InChI is InChI=1S/C13H21BrN2O3S/c1-3-5-9-6-11(9)16-20(17,18)12-7-10(8-15-4-2)19-13(12)14/h7,9,11,15-16H,3-6,8H2,1-2H3. The zero-order valence-electron chi connectivity index (χ0n) is 11.8. The Morgan fingerprint density at radius 3 is 2.85 bits per heavy atom. The molecule has 1 saturated carbocycles. The van der Waals surface area contributed by atoms with Crippen LogP contribution in [0.15, 0.2) is 20.0 Å². The number of hydrogen-bond donors (Lipinski definition) is 2. The highest BCUT2D eigenvalue weighted by molar-refractivity contribution is 9.10. The number of halogens is 1. The van der Waals surface area contributed by atoms with Gasteiger partial charge < -0.3 is 9.73 Å². The number of hydrogen-bond acceptors (Lipinski definition) is 4. The Kier molecular flexibility index (Phi) is 5.28. The van der Waals surface area contributed by atoms with Gasteiger partial charge in [-0.15, -0.1) is 0 Å². The second kappa shape index (κ2) is 6.60. The minimum Gasteiger partial charge on any atom is -0.452 e. The Morgan fingerprint density at radius 2 is 2.20 bits per heavy atom. The normalized spacial score (nSPS) is 22.1. The van der Waals surface area contributed by atoms with E-state index in [1.165, 1.54) is 0 Å². The molecule has 5 nitrogen and oxygen atoms in total. The van der Waals surface area contributed by atoms with Crippen molar-refractivity contribution in [1.29, 1.82) is 0 Å². The van der Waals surface area contributed by atoms with Gasteiger partial charge in [0.25, 0.3) is 0 Å². The summed E-state index contributed by atoms with van der Waals surface area (Å²) in [6, 6.07) is 1.66. The van der Waals surface area contributed by atoms with Crippen molar-refractivity contribution in [3.63, 3.8) is 0 Å². The van der Waals surface area contributed by atoms with Crippen LogP contribution in [-0.4, -0.2) is 21.0 Å². The van der Waals surface area contributed by atoms with Crippen LogP contribution < -0.4 is 10.0 Å². The van der Waals surface area contributed by atoms with Crippen molar-refractivity contribution in [2.45, 2.75) is 50.6 Å². The van der Waals surface area contributed by atoms with Gasteiger partial charge in [-0.1, -0.05) is 20.3 Å². The van der Waals surface area contributed by atoms with Gasteiger partial charge in [0.1, 0.15) is 10.7 Å². The average Bonchev–Trinajstić information content (AvgIpc) is 2.96. The Morgan fingerprint density at radius 1 is 1.45 bits per heavy atom. The van der Waals surface area contributed by atoms with Crippen molar-refractivity contribution in [1.82, 2.24) is 10.0 Å². The van der Waals surface area contributed by atoms with Crippen molar-refractivity contribution in [3.05, 3.63) is 16.5 Å². The summed E-state index contributed by atoms with van der Waals surface area (Å²) in [4.78, 5) is 0.188. The molecule has 0 radical (unpaired) electrons. The molecular weight excluding hydrogens is 344 g/mol. The molecule has 1 heterocycles. The molecule has 1 fully saturated rings. The molecule has 2 atom stereocenters. The number of nitrogens with one attached hydrogen (secondary N) is 2. The molecule has 0 spiro atoms. The highest BCUT2D eigenvalue weighted by Gasteiger charge is 2.40. The van der Waals surface area contributed by atoms with Crippen LogP contribution in [-0.2, 0) is 16.6 Å². The third-order valence-corrected chi connectivity index (χ3v) is 5.78. The van der Waals surface area contributed by atoms with Crippen molar-refractivity contribution < 1.29 is 12.8 Å². The van der Waals surface area contributed by atoms with E-state index in [4.69, 9.17) is 4.42 Å². The van der Waals surface area contributed by atoms with Gasteiger partial charge >= 0.3 is 0 Å². The number of furan rings is 1. The molecule has 0 aromatic carbocycles. The minimum absolute atomic E-state index is 0.0824. The maximum atomic E-state index is 12.3. The van der Waals surface area contributed by atoms with Gasteiger partial charge in [-0.05, 0) is 41.2 Å². The quantitative estimate of drug-likeness (QED) is 0.743. The number of sulfonamides is 1. The molecule has 0 saturated heterocycles. The molecule has 1 aromatic heterocycles. The third kappa shape index (κ3) is 3.84. The Labute approximate surface area is 128 Å². The maximum absolute atomic E-state index is 12.3. The molecule has 7 heteroatoms. The van der Waals surface area contributed by atoms with E-state index in [0.29, 0.717) is 18.2 Å². The summed E-state index contributed by atoms with van der Waals surface area (Å²) in [6.07, 6.45) is 3.10. The van der Waals surface area contributed by atoms with Crippen LogP contribution in [0.2, 0.25) is 0 Å². The first-order valence-electron chi connectivity index (χ1n) is 6.99. The monoisotopic (exact) mass is 364 g/mol. The van der Waals surface area contributed by atoms with Crippen molar-refractivity contribution in [3.8, 4) is 0 Å². The molecule has 20 heavy (non-hydrogen) atoms. The summed E-state index contributed by atoms with van der Waals surface area (Å²) >= 11 is 3.19. The predicted molar refractivity (Wildman–Crippen MR) is 80.9 cm³/mol. The lowest BCUT2D eigenvalue weighted by Gasteiger charge is -2.04. The van der Waals surface area contributed by atoms with Gasteiger partial charge in [0, 0.05) is 12.1 Å². The fourth-order valence-corrected chi connectivity index (χ4v) is 4.58. The first-order chi connectivity index (χ1) is 9.47. The number of rotatable bonds is 8. The predicted octanol–water partition coefficient (Wildman–Crippen LogP) is 2.62. The molecule has 1 aliphatic rings. The molecule has 2 unspecified atom stereocenters. The summed E-state index contributed by atoms with van der Waals surface area (Å²) in [5.41, 5.74) is 0. The molecule has 1 aliphatic carbocycles. The smallest absolute Gasteiger partial charge is 0.245 e. The molecule has 0 amide bonds. The van der Waals surface area contributed by atoms with E-state index in [9.17, 15) is 8.42 Å². The highest BCUT2D eigenvalue weighted by Crippen LogP contribution is 2.36. The molecule has 0 aliphatic heterocycles. The Balaban J connectivity index is 2.04. The third-order valence-electron chi connectivity index (χ3n) is 3.43. The average molecular weight is 365 g/mol. The van der Waals surface area contributed by atoms with E-state index < -0.39 is 10.0 Å². The van der Waals surface area contributed by atoms with Gasteiger partial charge in [0.15, 0.2) is 4.67 Å². The molecule has 2 rings (SSSR count). The van der Waals surface area contributed by atoms with Crippen LogP contribution >= 0.6 is 15.9 Å². The fraction of sp³-hybridized carbons (Fsp3) is 0.692. The zero-order chi connectivity index (χ0) is 14.8. The van der Waals surface area contributed by atoms with Crippen molar-refractivity contribution >= 4 is 26.0 Å². The second-order valence-electron chi connectivity index (χ2n) is 5.14. The van der Waals surface area contributed by atoms with Gasteiger partial charge in [-0.3, -0.25) is 0 Å². The lowest BCUT2D eigenvalue weighted by atomic mass is 10.2. The first kappa shape index (κ1) is 16.0. The summed E-state index contributed by atoms with van der Waals surface area (Å²) in [6.45, 7) is 5.42. The van der Waals surface area contributed by atoms with E-state index >= 15 is 0 Å². The van der Waals surface area contributed by atoms with E-state index in [1.54, 1.807) is 6.07 Å². The van der Waals surface area contributed by atoms with Crippen LogP contribution in [0, 0.1) is 5.92 Å².